The molecule has 0 saturated carbocycles. The maximum absolute atomic E-state index is 13.5. The number of piperidine rings is 1. The first-order chi connectivity index (χ1) is 16.6. The molecule has 1 aliphatic carbocycles. The Morgan fingerprint density at radius 2 is 1.68 bits per heavy atom. The molecular formula is C28H31FN4O. The number of carbonyl (C=O) groups is 1. The van der Waals surface area contributed by atoms with Crippen LogP contribution in [-0.2, 0) is 11.3 Å². The second-order valence-corrected chi connectivity index (χ2v) is 9.46. The lowest BCUT2D eigenvalue weighted by Crippen LogP contribution is -2.46. The van der Waals surface area contributed by atoms with Gasteiger partial charge in [0.15, 0.2) is 0 Å². The highest BCUT2D eigenvalue weighted by molar-refractivity contribution is 5.80. The first kappa shape index (κ1) is 22.5. The van der Waals surface area contributed by atoms with Crippen LogP contribution in [0.25, 0.3) is 0 Å². The SMILES string of the molecule is O=C1CN(Cc2ccc(F)cc2)CC2=CC=CC=C(C2)N1CC1CCN(c2ccncc2)CC1. The van der Waals surface area contributed by atoms with Crippen molar-refractivity contribution >= 4 is 11.6 Å². The van der Waals surface area contributed by atoms with E-state index in [0.29, 0.717) is 19.0 Å². The van der Waals surface area contributed by atoms with Crippen LogP contribution in [0.5, 0.6) is 0 Å². The predicted molar refractivity (Wildman–Crippen MR) is 132 cm³/mol. The van der Waals surface area contributed by atoms with Gasteiger partial charge in [0.25, 0.3) is 0 Å². The molecule has 1 aromatic heterocycles. The van der Waals surface area contributed by atoms with Gasteiger partial charge in [-0.1, -0.05) is 35.9 Å². The van der Waals surface area contributed by atoms with Crippen LogP contribution < -0.4 is 4.90 Å². The van der Waals surface area contributed by atoms with Crippen molar-refractivity contribution in [1.82, 2.24) is 14.8 Å². The fourth-order valence-electron chi connectivity index (χ4n) is 5.15. The maximum Gasteiger partial charge on any atom is 0.240 e. The van der Waals surface area contributed by atoms with Crippen molar-refractivity contribution in [2.45, 2.75) is 25.8 Å². The Hall–Kier alpha value is -3.25. The first-order valence-electron chi connectivity index (χ1n) is 12.1. The van der Waals surface area contributed by atoms with Crippen molar-refractivity contribution in [3.63, 3.8) is 0 Å². The number of amides is 1. The number of fused-ring (bicyclic) bond motifs is 2. The Labute approximate surface area is 200 Å². The second-order valence-electron chi connectivity index (χ2n) is 9.46. The summed E-state index contributed by atoms with van der Waals surface area (Å²) in [5.41, 5.74) is 4.64. The highest BCUT2D eigenvalue weighted by Gasteiger charge is 2.29. The molecule has 5 rings (SSSR count). The van der Waals surface area contributed by atoms with E-state index < -0.39 is 0 Å². The molecule has 2 saturated heterocycles. The molecule has 6 heteroatoms. The normalized spacial score (nSPS) is 19.9. The molecule has 1 amide bonds. The fraction of sp³-hybridized carbons (Fsp3) is 0.357. The number of nitrogens with zero attached hydrogens (tertiary/aromatic N) is 4. The number of rotatable bonds is 5. The predicted octanol–water partition coefficient (Wildman–Crippen LogP) is 4.55. The third kappa shape index (κ3) is 5.45. The Balaban J connectivity index is 1.28. The summed E-state index contributed by atoms with van der Waals surface area (Å²) < 4.78 is 13.3. The number of halogens is 1. The number of aromatic nitrogens is 1. The smallest absolute Gasteiger partial charge is 0.240 e. The van der Waals surface area contributed by atoms with E-state index >= 15 is 0 Å². The van der Waals surface area contributed by atoms with Gasteiger partial charge in [-0.25, -0.2) is 4.39 Å². The molecule has 2 fully saturated rings. The van der Waals surface area contributed by atoms with E-state index in [1.54, 1.807) is 12.1 Å². The van der Waals surface area contributed by atoms with E-state index in [4.69, 9.17) is 0 Å². The quantitative estimate of drug-likeness (QED) is 0.659. The summed E-state index contributed by atoms with van der Waals surface area (Å²) in [6.45, 7) is 4.49. The monoisotopic (exact) mass is 458 g/mol. The molecular weight excluding hydrogens is 427 g/mol. The third-order valence-corrected chi connectivity index (χ3v) is 6.98. The van der Waals surface area contributed by atoms with Crippen LogP contribution in [0.3, 0.4) is 0 Å². The van der Waals surface area contributed by atoms with E-state index in [-0.39, 0.29) is 11.7 Å². The molecule has 176 valence electrons. The zero-order valence-electron chi connectivity index (χ0n) is 19.4. The lowest BCUT2D eigenvalue weighted by Gasteiger charge is -2.38. The Morgan fingerprint density at radius 1 is 0.941 bits per heavy atom. The zero-order valence-corrected chi connectivity index (χ0v) is 19.4. The van der Waals surface area contributed by atoms with Crippen molar-refractivity contribution in [2.24, 2.45) is 5.92 Å². The van der Waals surface area contributed by atoms with Crippen LogP contribution >= 0.6 is 0 Å². The van der Waals surface area contributed by atoms with E-state index in [0.717, 1.165) is 56.7 Å². The minimum atomic E-state index is -0.236. The van der Waals surface area contributed by atoms with Gasteiger partial charge in [0.1, 0.15) is 5.82 Å². The van der Waals surface area contributed by atoms with Crippen LogP contribution in [0.2, 0.25) is 0 Å². The van der Waals surface area contributed by atoms with Gasteiger partial charge in [-0.2, -0.15) is 0 Å². The molecule has 0 N–H and O–H groups in total. The highest BCUT2D eigenvalue weighted by atomic mass is 19.1. The molecule has 2 aliphatic heterocycles. The van der Waals surface area contributed by atoms with Crippen molar-refractivity contribution in [3.8, 4) is 0 Å². The first-order valence-corrected chi connectivity index (χ1v) is 12.1. The number of hydrogen-bond acceptors (Lipinski definition) is 4. The number of benzene rings is 1. The molecule has 1 aromatic carbocycles. The van der Waals surface area contributed by atoms with E-state index in [1.807, 2.05) is 23.4 Å². The molecule has 0 radical (unpaired) electrons. The largest absolute Gasteiger partial charge is 0.371 e. The van der Waals surface area contributed by atoms with E-state index in [2.05, 4.69) is 45.1 Å². The summed E-state index contributed by atoms with van der Waals surface area (Å²) in [6, 6.07) is 10.7. The van der Waals surface area contributed by atoms with Gasteiger partial charge in [0, 0.05) is 62.9 Å². The molecule has 2 bridgehead atoms. The van der Waals surface area contributed by atoms with Crippen LogP contribution in [0, 0.1) is 11.7 Å². The summed E-state index contributed by atoms with van der Waals surface area (Å²) in [6.07, 6.45) is 15.0. The van der Waals surface area contributed by atoms with Gasteiger partial charge < -0.3 is 9.80 Å². The topological polar surface area (TPSA) is 39.7 Å². The highest BCUT2D eigenvalue weighted by Crippen LogP contribution is 2.28. The van der Waals surface area contributed by atoms with Crippen LogP contribution in [0.15, 0.2) is 84.4 Å². The van der Waals surface area contributed by atoms with Gasteiger partial charge in [0.2, 0.25) is 5.91 Å². The van der Waals surface area contributed by atoms with E-state index in [1.165, 1.54) is 23.4 Å². The second kappa shape index (κ2) is 10.3. The lowest BCUT2D eigenvalue weighted by atomic mass is 9.94. The summed E-state index contributed by atoms with van der Waals surface area (Å²) in [4.78, 5) is 24.3. The van der Waals surface area contributed by atoms with Crippen molar-refractivity contribution < 1.29 is 9.18 Å². The molecule has 0 atom stereocenters. The third-order valence-electron chi connectivity index (χ3n) is 6.98. The summed E-state index contributed by atoms with van der Waals surface area (Å²) in [5, 5.41) is 0. The van der Waals surface area contributed by atoms with Crippen molar-refractivity contribution in [2.75, 3.05) is 37.6 Å². The molecule has 5 nitrogen and oxygen atoms in total. The standard InChI is InChI=1S/C28H31FN4O/c29-25-7-5-22(6-8-25)18-31-19-24-3-1-2-4-27(17-24)33(28(34)21-31)20-23-11-15-32(16-12-23)26-9-13-30-14-10-26/h1-10,13-14,23H,11-12,15-21H2. The average molecular weight is 459 g/mol. The number of carbonyl (C=O) groups excluding carboxylic acids is 1. The maximum atomic E-state index is 13.5. The fourth-order valence-corrected chi connectivity index (χ4v) is 5.15. The Bertz CT molecular complexity index is 1090. The molecule has 34 heavy (non-hydrogen) atoms. The molecule has 2 aromatic rings. The summed E-state index contributed by atoms with van der Waals surface area (Å²) in [7, 11) is 0. The van der Waals surface area contributed by atoms with E-state index in [9.17, 15) is 9.18 Å². The van der Waals surface area contributed by atoms with Gasteiger partial charge in [-0.05, 0) is 54.7 Å². The molecule has 0 spiro atoms. The van der Waals surface area contributed by atoms with Crippen molar-refractivity contribution in [3.05, 3.63) is 95.7 Å². The summed E-state index contributed by atoms with van der Waals surface area (Å²) >= 11 is 0. The molecule has 3 heterocycles. The summed E-state index contributed by atoms with van der Waals surface area (Å²) in [5.74, 6) is 0.395. The molecule has 3 aliphatic rings. The van der Waals surface area contributed by atoms with Gasteiger partial charge in [0.05, 0.1) is 6.54 Å². The number of pyridine rings is 1. The van der Waals surface area contributed by atoms with Crippen LogP contribution in [0.1, 0.15) is 24.8 Å². The van der Waals surface area contributed by atoms with Crippen molar-refractivity contribution in [1.29, 1.82) is 0 Å². The lowest BCUT2D eigenvalue weighted by molar-refractivity contribution is -0.131. The number of allylic oxidation sites excluding steroid dienone is 5. The molecule has 0 unspecified atom stereocenters. The number of anilines is 1. The van der Waals surface area contributed by atoms with Crippen LogP contribution in [0.4, 0.5) is 10.1 Å². The van der Waals surface area contributed by atoms with Gasteiger partial charge >= 0.3 is 0 Å². The minimum Gasteiger partial charge on any atom is -0.371 e. The van der Waals surface area contributed by atoms with Gasteiger partial charge in [-0.15, -0.1) is 0 Å². The minimum absolute atomic E-state index is 0.152. The van der Waals surface area contributed by atoms with Crippen LogP contribution in [-0.4, -0.2) is 53.4 Å². The van der Waals surface area contributed by atoms with Gasteiger partial charge in [-0.3, -0.25) is 14.7 Å². The Morgan fingerprint density at radius 3 is 2.44 bits per heavy atom. The zero-order chi connectivity index (χ0) is 23.3. The Kier molecular flexibility index (Phi) is 6.86. The average Bonchev–Trinajstić information content (AvgIpc) is 3.10. The number of hydrogen-bond donors (Lipinski definition) is 0.